The van der Waals surface area contributed by atoms with E-state index in [2.05, 4.69) is 15.2 Å². The Morgan fingerprint density at radius 1 is 1.40 bits per heavy atom. The van der Waals surface area contributed by atoms with Crippen molar-refractivity contribution >= 4 is 21.7 Å². The average molecular weight is 151 g/mol. The molecule has 0 aliphatic heterocycles. The van der Waals surface area contributed by atoms with Crippen LogP contribution in [0.25, 0.3) is 10.3 Å². The maximum atomic E-state index is 4.00. The van der Waals surface area contributed by atoms with Gasteiger partial charge in [0.05, 0.1) is 15.9 Å². The Balaban J connectivity index is 2.86. The standard InChI is InChI=1S/C6H5N3S/c1-4-2-5-6(9-8-4)7-3-10-5/h2-3H,1H3. The van der Waals surface area contributed by atoms with Crippen molar-refractivity contribution in [3.8, 4) is 0 Å². The van der Waals surface area contributed by atoms with Crippen LogP contribution in [-0.2, 0) is 0 Å². The molecule has 0 atom stereocenters. The van der Waals surface area contributed by atoms with Gasteiger partial charge in [-0.1, -0.05) is 0 Å². The Labute approximate surface area is 61.7 Å². The van der Waals surface area contributed by atoms with Crippen molar-refractivity contribution in [2.75, 3.05) is 0 Å². The molecule has 2 aromatic rings. The van der Waals surface area contributed by atoms with Crippen molar-refractivity contribution in [2.24, 2.45) is 0 Å². The summed E-state index contributed by atoms with van der Waals surface area (Å²) >= 11 is 1.59. The van der Waals surface area contributed by atoms with Gasteiger partial charge >= 0.3 is 0 Å². The molecule has 50 valence electrons. The van der Waals surface area contributed by atoms with Crippen LogP contribution in [-0.4, -0.2) is 15.2 Å². The second-order valence-electron chi connectivity index (χ2n) is 2.03. The minimum absolute atomic E-state index is 0.746. The van der Waals surface area contributed by atoms with E-state index in [1.54, 1.807) is 16.8 Å². The lowest BCUT2D eigenvalue weighted by molar-refractivity contribution is 1.01. The molecule has 2 heterocycles. The zero-order chi connectivity index (χ0) is 6.97. The van der Waals surface area contributed by atoms with Crippen molar-refractivity contribution in [3.05, 3.63) is 17.3 Å². The average Bonchev–Trinajstić information content (AvgIpc) is 2.33. The molecule has 0 amide bonds. The fourth-order valence-electron chi connectivity index (χ4n) is 0.768. The third-order valence-electron chi connectivity index (χ3n) is 1.22. The summed E-state index contributed by atoms with van der Waals surface area (Å²) in [7, 11) is 0. The van der Waals surface area contributed by atoms with E-state index in [9.17, 15) is 0 Å². The number of rotatable bonds is 0. The highest BCUT2D eigenvalue weighted by atomic mass is 32.1. The van der Waals surface area contributed by atoms with Gasteiger partial charge < -0.3 is 0 Å². The summed E-state index contributed by atoms with van der Waals surface area (Å²) in [6.45, 7) is 1.92. The molecule has 0 radical (unpaired) electrons. The number of thiazole rings is 1. The fraction of sp³-hybridized carbons (Fsp3) is 0.167. The van der Waals surface area contributed by atoms with Crippen molar-refractivity contribution in [1.82, 2.24) is 15.2 Å². The summed E-state index contributed by atoms with van der Waals surface area (Å²) in [5.41, 5.74) is 3.46. The van der Waals surface area contributed by atoms with Crippen LogP contribution < -0.4 is 0 Å². The van der Waals surface area contributed by atoms with Crippen LogP contribution in [0.2, 0.25) is 0 Å². The van der Waals surface area contributed by atoms with Gasteiger partial charge in [0.25, 0.3) is 0 Å². The lowest BCUT2D eigenvalue weighted by Gasteiger charge is -1.86. The molecule has 0 N–H and O–H groups in total. The quantitative estimate of drug-likeness (QED) is 0.571. The van der Waals surface area contributed by atoms with E-state index in [0.717, 1.165) is 16.0 Å². The highest BCUT2D eigenvalue weighted by Crippen LogP contribution is 2.13. The first-order chi connectivity index (χ1) is 4.86. The minimum Gasteiger partial charge on any atom is -0.223 e. The van der Waals surface area contributed by atoms with Crippen LogP contribution in [0.5, 0.6) is 0 Å². The monoisotopic (exact) mass is 151 g/mol. The number of aryl methyl sites for hydroxylation is 1. The maximum absolute atomic E-state index is 4.00. The van der Waals surface area contributed by atoms with Gasteiger partial charge in [-0.15, -0.1) is 16.4 Å². The molecule has 0 aliphatic rings. The minimum atomic E-state index is 0.746. The SMILES string of the molecule is Cc1cc2scnc2nn1. The van der Waals surface area contributed by atoms with Gasteiger partial charge in [0, 0.05) is 0 Å². The molecule has 0 spiro atoms. The summed E-state index contributed by atoms with van der Waals surface area (Å²) in [6.07, 6.45) is 0. The normalized spacial score (nSPS) is 10.5. The van der Waals surface area contributed by atoms with Gasteiger partial charge in [0.15, 0.2) is 5.65 Å². The van der Waals surface area contributed by atoms with Gasteiger partial charge in [-0.2, -0.15) is 5.10 Å². The van der Waals surface area contributed by atoms with Gasteiger partial charge in [-0.25, -0.2) is 4.98 Å². The first-order valence-electron chi connectivity index (χ1n) is 2.90. The lowest BCUT2D eigenvalue weighted by Crippen LogP contribution is -1.84. The molecule has 2 aromatic heterocycles. The molecule has 0 aliphatic carbocycles. The second-order valence-corrected chi connectivity index (χ2v) is 2.91. The first-order valence-corrected chi connectivity index (χ1v) is 3.78. The first kappa shape index (κ1) is 5.73. The lowest BCUT2D eigenvalue weighted by atomic mass is 10.4. The summed E-state index contributed by atoms with van der Waals surface area (Å²) in [4.78, 5) is 4.00. The van der Waals surface area contributed by atoms with E-state index in [0.29, 0.717) is 0 Å². The third kappa shape index (κ3) is 0.769. The van der Waals surface area contributed by atoms with Gasteiger partial charge in [0.2, 0.25) is 0 Å². The molecular formula is C6H5N3S. The largest absolute Gasteiger partial charge is 0.223 e. The number of hydrogen-bond acceptors (Lipinski definition) is 4. The van der Waals surface area contributed by atoms with Gasteiger partial charge in [-0.3, -0.25) is 0 Å². The van der Waals surface area contributed by atoms with Gasteiger partial charge in [0.1, 0.15) is 0 Å². The van der Waals surface area contributed by atoms with E-state index in [1.165, 1.54) is 0 Å². The maximum Gasteiger partial charge on any atom is 0.192 e. The molecule has 0 aromatic carbocycles. The molecule has 0 saturated carbocycles. The van der Waals surface area contributed by atoms with Crippen LogP contribution in [0.3, 0.4) is 0 Å². The van der Waals surface area contributed by atoms with E-state index in [1.807, 2.05) is 13.0 Å². The third-order valence-corrected chi connectivity index (χ3v) is 1.98. The zero-order valence-electron chi connectivity index (χ0n) is 5.40. The summed E-state index contributed by atoms with van der Waals surface area (Å²) in [6, 6.07) is 1.99. The van der Waals surface area contributed by atoms with Crippen LogP contribution in [0, 0.1) is 6.92 Å². The molecule has 0 saturated heterocycles. The molecule has 10 heavy (non-hydrogen) atoms. The summed E-state index contributed by atoms with van der Waals surface area (Å²) in [5, 5.41) is 7.76. The molecular weight excluding hydrogens is 146 g/mol. The zero-order valence-corrected chi connectivity index (χ0v) is 6.22. The predicted molar refractivity (Wildman–Crippen MR) is 39.9 cm³/mol. The fourth-order valence-corrected chi connectivity index (χ4v) is 1.47. The van der Waals surface area contributed by atoms with Crippen molar-refractivity contribution < 1.29 is 0 Å². The Hall–Kier alpha value is -1.03. The molecule has 0 unspecified atom stereocenters. The molecule has 0 bridgehead atoms. The highest BCUT2D eigenvalue weighted by molar-refractivity contribution is 7.16. The summed E-state index contributed by atoms with van der Waals surface area (Å²) < 4.78 is 1.10. The van der Waals surface area contributed by atoms with Crippen LogP contribution >= 0.6 is 11.3 Å². The van der Waals surface area contributed by atoms with E-state index < -0.39 is 0 Å². The summed E-state index contributed by atoms with van der Waals surface area (Å²) in [5.74, 6) is 0. The Morgan fingerprint density at radius 2 is 2.30 bits per heavy atom. The molecule has 3 nitrogen and oxygen atoms in total. The van der Waals surface area contributed by atoms with E-state index in [4.69, 9.17) is 0 Å². The molecule has 4 heteroatoms. The number of fused-ring (bicyclic) bond motifs is 1. The van der Waals surface area contributed by atoms with Crippen LogP contribution in [0.1, 0.15) is 5.69 Å². The number of nitrogens with zero attached hydrogens (tertiary/aromatic N) is 3. The van der Waals surface area contributed by atoms with Crippen molar-refractivity contribution in [2.45, 2.75) is 6.92 Å². The molecule has 2 rings (SSSR count). The Kier molecular flexibility index (Phi) is 1.14. The van der Waals surface area contributed by atoms with Crippen LogP contribution in [0.15, 0.2) is 11.6 Å². The van der Waals surface area contributed by atoms with Crippen molar-refractivity contribution in [3.63, 3.8) is 0 Å². The highest BCUT2D eigenvalue weighted by Gasteiger charge is 1.96. The predicted octanol–water partition coefficient (Wildman–Crippen LogP) is 1.39. The van der Waals surface area contributed by atoms with E-state index >= 15 is 0 Å². The second kappa shape index (κ2) is 1.98. The van der Waals surface area contributed by atoms with Crippen LogP contribution in [0.4, 0.5) is 0 Å². The Bertz CT molecular complexity index is 355. The topological polar surface area (TPSA) is 38.7 Å². The smallest absolute Gasteiger partial charge is 0.192 e. The van der Waals surface area contributed by atoms with Crippen molar-refractivity contribution in [1.29, 1.82) is 0 Å². The van der Waals surface area contributed by atoms with E-state index in [-0.39, 0.29) is 0 Å². The molecule has 0 fully saturated rings. The Morgan fingerprint density at radius 3 is 3.20 bits per heavy atom. The number of hydrogen-bond donors (Lipinski definition) is 0. The van der Waals surface area contributed by atoms with Gasteiger partial charge in [-0.05, 0) is 13.0 Å². The number of aromatic nitrogens is 3.